The van der Waals surface area contributed by atoms with Crippen LogP contribution < -0.4 is 4.90 Å². The largest absolute Gasteiger partial charge is 0.293 e. The van der Waals surface area contributed by atoms with E-state index in [0.717, 1.165) is 16.7 Å². The summed E-state index contributed by atoms with van der Waals surface area (Å²) in [5, 5.41) is 0. The fourth-order valence-electron chi connectivity index (χ4n) is 2.50. The van der Waals surface area contributed by atoms with Crippen LogP contribution in [0.15, 0.2) is 79.0 Å². The normalized spacial score (nSPS) is 10.3. The lowest BCUT2D eigenvalue weighted by molar-refractivity contribution is -0.116. The van der Waals surface area contributed by atoms with Gasteiger partial charge in [0.1, 0.15) is 5.82 Å². The number of rotatable bonds is 4. The zero-order valence-corrected chi connectivity index (χ0v) is 13.0. The molecule has 0 unspecified atom stereocenters. The van der Waals surface area contributed by atoms with Gasteiger partial charge in [-0.25, -0.2) is 4.98 Å². The van der Waals surface area contributed by atoms with Gasteiger partial charge in [-0.3, -0.25) is 9.69 Å². The van der Waals surface area contributed by atoms with Gasteiger partial charge in [0.05, 0.1) is 6.54 Å². The van der Waals surface area contributed by atoms with E-state index in [9.17, 15) is 4.79 Å². The van der Waals surface area contributed by atoms with Gasteiger partial charge in [-0.05, 0) is 28.8 Å². The maximum absolute atomic E-state index is 12.1. The van der Waals surface area contributed by atoms with Crippen LogP contribution in [0.25, 0.3) is 11.1 Å². The van der Waals surface area contributed by atoms with Crippen LogP contribution in [-0.2, 0) is 11.3 Å². The number of hydrogen-bond acceptors (Lipinski definition) is 2. The third-order valence-corrected chi connectivity index (χ3v) is 3.69. The molecule has 1 amide bonds. The number of pyridine rings is 1. The molecule has 1 heterocycles. The summed E-state index contributed by atoms with van der Waals surface area (Å²) in [7, 11) is 0. The van der Waals surface area contributed by atoms with Crippen LogP contribution >= 0.6 is 0 Å². The molecule has 0 atom stereocenters. The fourth-order valence-corrected chi connectivity index (χ4v) is 2.50. The zero-order chi connectivity index (χ0) is 16.1. The molecule has 0 fully saturated rings. The van der Waals surface area contributed by atoms with Crippen molar-refractivity contribution in [3.8, 4) is 11.1 Å². The number of carbonyl (C=O) groups excluding carboxylic acids is 1. The standard InChI is InChI=1S/C20H18N2O/c1-16(23)22(15-17-8-4-2-5-9-17)20-14-19(12-13-21-20)18-10-6-3-7-11-18/h2-14H,15H2,1H3. The first-order valence-electron chi connectivity index (χ1n) is 7.57. The lowest BCUT2D eigenvalue weighted by Gasteiger charge is -2.20. The third-order valence-electron chi connectivity index (χ3n) is 3.69. The maximum Gasteiger partial charge on any atom is 0.225 e. The Morgan fingerprint density at radius 1 is 0.913 bits per heavy atom. The molecule has 0 N–H and O–H groups in total. The Labute approximate surface area is 136 Å². The molecule has 114 valence electrons. The summed E-state index contributed by atoms with van der Waals surface area (Å²) in [6, 6.07) is 23.9. The van der Waals surface area contributed by atoms with E-state index in [4.69, 9.17) is 0 Å². The molecular weight excluding hydrogens is 284 g/mol. The lowest BCUT2D eigenvalue weighted by atomic mass is 10.1. The van der Waals surface area contributed by atoms with Gasteiger partial charge in [-0.15, -0.1) is 0 Å². The van der Waals surface area contributed by atoms with E-state index < -0.39 is 0 Å². The third kappa shape index (κ3) is 3.64. The molecule has 0 saturated carbocycles. The van der Waals surface area contributed by atoms with Crippen molar-refractivity contribution < 1.29 is 4.79 Å². The topological polar surface area (TPSA) is 33.2 Å². The van der Waals surface area contributed by atoms with E-state index in [1.54, 1.807) is 18.0 Å². The number of benzene rings is 2. The average Bonchev–Trinajstić information content (AvgIpc) is 2.61. The number of carbonyl (C=O) groups is 1. The molecule has 3 nitrogen and oxygen atoms in total. The zero-order valence-electron chi connectivity index (χ0n) is 13.0. The van der Waals surface area contributed by atoms with Crippen LogP contribution in [0.3, 0.4) is 0 Å². The highest BCUT2D eigenvalue weighted by molar-refractivity contribution is 5.91. The second-order valence-corrected chi connectivity index (χ2v) is 5.36. The van der Waals surface area contributed by atoms with Crippen LogP contribution in [0.2, 0.25) is 0 Å². The highest BCUT2D eigenvalue weighted by Crippen LogP contribution is 2.23. The fraction of sp³-hybridized carbons (Fsp3) is 0.100. The Kier molecular flexibility index (Phi) is 4.48. The molecule has 1 aromatic heterocycles. The summed E-state index contributed by atoms with van der Waals surface area (Å²) >= 11 is 0. The molecule has 0 aliphatic rings. The lowest BCUT2D eigenvalue weighted by Crippen LogP contribution is -2.28. The van der Waals surface area contributed by atoms with Gasteiger partial charge in [0.25, 0.3) is 0 Å². The monoisotopic (exact) mass is 302 g/mol. The van der Waals surface area contributed by atoms with Crippen molar-refractivity contribution in [2.75, 3.05) is 4.90 Å². The molecule has 2 aromatic carbocycles. The van der Waals surface area contributed by atoms with Gasteiger partial charge < -0.3 is 0 Å². The summed E-state index contributed by atoms with van der Waals surface area (Å²) in [5.41, 5.74) is 3.24. The molecule has 3 rings (SSSR count). The van der Waals surface area contributed by atoms with Crippen molar-refractivity contribution in [2.24, 2.45) is 0 Å². The summed E-state index contributed by atoms with van der Waals surface area (Å²) in [4.78, 5) is 18.2. The first-order chi connectivity index (χ1) is 11.2. The number of nitrogens with zero attached hydrogens (tertiary/aromatic N) is 2. The first kappa shape index (κ1) is 15.0. The second-order valence-electron chi connectivity index (χ2n) is 5.36. The van der Waals surface area contributed by atoms with E-state index in [1.807, 2.05) is 60.7 Å². The molecular formula is C20H18N2O. The number of anilines is 1. The van der Waals surface area contributed by atoms with E-state index in [1.165, 1.54) is 0 Å². The predicted molar refractivity (Wildman–Crippen MR) is 93.0 cm³/mol. The maximum atomic E-state index is 12.1. The summed E-state index contributed by atoms with van der Waals surface area (Å²) in [6.45, 7) is 2.08. The first-order valence-corrected chi connectivity index (χ1v) is 7.57. The SMILES string of the molecule is CC(=O)N(Cc1ccccc1)c1cc(-c2ccccc2)ccn1. The quantitative estimate of drug-likeness (QED) is 0.720. The van der Waals surface area contributed by atoms with Crippen molar-refractivity contribution in [1.29, 1.82) is 0 Å². The minimum atomic E-state index is -0.0217. The second kappa shape index (κ2) is 6.88. The Morgan fingerprint density at radius 3 is 2.22 bits per heavy atom. The Morgan fingerprint density at radius 2 is 1.57 bits per heavy atom. The molecule has 23 heavy (non-hydrogen) atoms. The van der Waals surface area contributed by atoms with Gasteiger partial charge >= 0.3 is 0 Å². The van der Waals surface area contributed by atoms with Crippen molar-refractivity contribution >= 4 is 11.7 Å². The van der Waals surface area contributed by atoms with Crippen LogP contribution in [0.5, 0.6) is 0 Å². The van der Waals surface area contributed by atoms with Gasteiger partial charge in [-0.1, -0.05) is 60.7 Å². The molecule has 0 radical (unpaired) electrons. The van der Waals surface area contributed by atoms with Crippen LogP contribution in [0.1, 0.15) is 12.5 Å². The van der Waals surface area contributed by atoms with Crippen molar-refractivity contribution in [2.45, 2.75) is 13.5 Å². The van der Waals surface area contributed by atoms with Crippen molar-refractivity contribution in [3.05, 3.63) is 84.6 Å². The molecule has 0 saturated heterocycles. The predicted octanol–water partition coefficient (Wildman–Crippen LogP) is 4.30. The average molecular weight is 302 g/mol. The Balaban J connectivity index is 1.93. The molecule has 3 aromatic rings. The highest BCUT2D eigenvalue weighted by Gasteiger charge is 2.14. The Hall–Kier alpha value is -2.94. The Bertz CT molecular complexity index is 785. The molecule has 3 heteroatoms. The van der Waals surface area contributed by atoms with Gasteiger partial charge in [0.15, 0.2) is 0 Å². The summed E-state index contributed by atoms with van der Waals surface area (Å²) < 4.78 is 0. The van der Waals surface area contributed by atoms with Gasteiger partial charge in [0.2, 0.25) is 5.91 Å². The van der Waals surface area contributed by atoms with Gasteiger partial charge in [0, 0.05) is 13.1 Å². The van der Waals surface area contributed by atoms with Crippen LogP contribution in [-0.4, -0.2) is 10.9 Å². The van der Waals surface area contributed by atoms with Crippen LogP contribution in [0.4, 0.5) is 5.82 Å². The minimum absolute atomic E-state index is 0.0217. The highest BCUT2D eigenvalue weighted by atomic mass is 16.2. The minimum Gasteiger partial charge on any atom is -0.293 e. The van der Waals surface area contributed by atoms with Crippen LogP contribution in [0, 0.1) is 0 Å². The van der Waals surface area contributed by atoms with E-state index in [2.05, 4.69) is 17.1 Å². The summed E-state index contributed by atoms with van der Waals surface area (Å²) in [5.74, 6) is 0.647. The van der Waals surface area contributed by atoms with Crippen molar-refractivity contribution in [3.63, 3.8) is 0 Å². The molecule has 0 aliphatic carbocycles. The van der Waals surface area contributed by atoms with Crippen molar-refractivity contribution in [1.82, 2.24) is 4.98 Å². The molecule has 0 spiro atoms. The van der Waals surface area contributed by atoms with Gasteiger partial charge in [-0.2, -0.15) is 0 Å². The number of amides is 1. The van der Waals surface area contributed by atoms with E-state index in [-0.39, 0.29) is 5.91 Å². The molecule has 0 aliphatic heterocycles. The van der Waals surface area contributed by atoms with E-state index in [0.29, 0.717) is 12.4 Å². The van der Waals surface area contributed by atoms with E-state index >= 15 is 0 Å². The molecule has 0 bridgehead atoms. The summed E-state index contributed by atoms with van der Waals surface area (Å²) in [6.07, 6.45) is 1.75. The number of aromatic nitrogens is 1. The smallest absolute Gasteiger partial charge is 0.225 e. The number of hydrogen-bond donors (Lipinski definition) is 0.